The van der Waals surface area contributed by atoms with Crippen molar-refractivity contribution in [3.8, 4) is 0 Å². The third-order valence-corrected chi connectivity index (χ3v) is 2.72. The maximum atomic E-state index is 5.90. The molecule has 0 fully saturated rings. The smallest absolute Gasteiger partial charge is 0.0739 e. The summed E-state index contributed by atoms with van der Waals surface area (Å²) in [5.41, 5.74) is 8.98. The van der Waals surface area contributed by atoms with Gasteiger partial charge in [-0.05, 0) is 5.56 Å². The van der Waals surface area contributed by atoms with Crippen molar-refractivity contribution in [2.75, 3.05) is 5.73 Å². The molecule has 0 saturated carbocycles. The van der Waals surface area contributed by atoms with E-state index in [-0.39, 0.29) is 5.92 Å². The quantitative estimate of drug-likeness (QED) is 0.809. The second kappa shape index (κ2) is 3.77. The van der Waals surface area contributed by atoms with Crippen molar-refractivity contribution < 1.29 is 0 Å². The number of benzene rings is 1. The fourth-order valence-electron chi connectivity index (χ4n) is 1.89. The Kier molecular flexibility index (Phi) is 2.46. The molecule has 0 radical (unpaired) electrons. The topological polar surface area (TPSA) is 43.8 Å². The predicted octanol–water partition coefficient (Wildman–Crippen LogP) is 2.15. The van der Waals surface area contributed by atoms with E-state index in [9.17, 15) is 0 Å². The number of hydrogen-bond acceptors (Lipinski definition) is 2. The molecule has 2 N–H and O–H groups in total. The summed E-state index contributed by atoms with van der Waals surface area (Å²) in [6, 6.07) is 10.3. The van der Waals surface area contributed by atoms with Crippen molar-refractivity contribution in [3.63, 3.8) is 0 Å². The molecule has 15 heavy (non-hydrogen) atoms. The van der Waals surface area contributed by atoms with Crippen LogP contribution in [0.15, 0.2) is 36.5 Å². The lowest BCUT2D eigenvalue weighted by Crippen LogP contribution is -2.06. The minimum absolute atomic E-state index is 0.277. The highest BCUT2D eigenvalue weighted by atomic mass is 15.3. The first kappa shape index (κ1) is 9.77. The normalized spacial score (nSPS) is 12.7. The van der Waals surface area contributed by atoms with Gasteiger partial charge in [0.1, 0.15) is 0 Å². The molecule has 1 aromatic heterocycles. The lowest BCUT2D eigenvalue weighted by atomic mass is 9.97. The van der Waals surface area contributed by atoms with Crippen LogP contribution < -0.4 is 5.73 Å². The third-order valence-electron chi connectivity index (χ3n) is 2.72. The highest BCUT2D eigenvalue weighted by Gasteiger charge is 2.15. The van der Waals surface area contributed by atoms with Gasteiger partial charge in [0.15, 0.2) is 0 Å². The summed E-state index contributed by atoms with van der Waals surface area (Å²) in [4.78, 5) is 0. The van der Waals surface area contributed by atoms with Gasteiger partial charge in [0.05, 0.1) is 17.6 Å². The third kappa shape index (κ3) is 1.73. The zero-order valence-corrected chi connectivity index (χ0v) is 9.01. The van der Waals surface area contributed by atoms with Crippen LogP contribution in [0.5, 0.6) is 0 Å². The van der Waals surface area contributed by atoms with Gasteiger partial charge in [-0.1, -0.05) is 37.3 Å². The van der Waals surface area contributed by atoms with E-state index in [1.165, 1.54) is 5.56 Å². The van der Waals surface area contributed by atoms with Crippen LogP contribution in [0.25, 0.3) is 0 Å². The van der Waals surface area contributed by atoms with Crippen LogP contribution in [0.4, 0.5) is 5.69 Å². The van der Waals surface area contributed by atoms with E-state index in [1.807, 2.05) is 29.9 Å². The number of anilines is 1. The van der Waals surface area contributed by atoms with Gasteiger partial charge < -0.3 is 5.73 Å². The lowest BCUT2D eigenvalue weighted by Gasteiger charge is -2.13. The van der Waals surface area contributed by atoms with Crippen molar-refractivity contribution in [3.05, 3.63) is 47.8 Å². The summed E-state index contributed by atoms with van der Waals surface area (Å²) in [5.74, 6) is 0.277. The molecule has 1 aromatic carbocycles. The van der Waals surface area contributed by atoms with Crippen molar-refractivity contribution >= 4 is 5.69 Å². The summed E-state index contributed by atoms with van der Waals surface area (Å²) in [7, 11) is 1.92. The second-order valence-electron chi connectivity index (χ2n) is 3.74. The standard InChI is InChI=1S/C12H15N3/c1-9(10-6-4-3-5-7-10)12-11(13)8-14-15(12)2/h3-9H,13H2,1-2H3. The Hall–Kier alpha value is -1.77. The van der Waals surface area contributed by atoms with Crippen molar-refractivity contribution in [1.82, 2.24) is 9.78 Å². The Bertz CT molecular complexity index is 426. The van der Waals surface area contributed by atoms with Crippen molar-refractivity contribution in [1.29, 1.82) is 0 Å². The molecular formula is C12H15N3. The number of rotatable bonds is 2. The summed E-state index contributed by atoms with van der Waals surface area (Å²) >= 11 is 0. The fraction of sp³-hybridized carbons (Fsp3) is 0.250. The van der Waals surface area contributed by atoms with E-state index < -0.39 is 0 Å². The second-order valence-corrected chi connectivity index (χ2v) is 3.74. The summed E-state index contributed by atoms with van der Waals surface area (Å²) < 4.78 is 1.84. The first-order chi connectivity index (χ1) is 7.20. The maximum absolute atomic E-state index is 5.90. The minimum Gasteiger partial charge on any atom is -0.396 e. The highest BCUT2D eigenvalue weighted by molar-refractivity contribution is 5.46. The molecule has 0 aliphatic heterocycles. The van der Waals surface area contributed by atoms with Crippen LogP contribution in [-0.4, -0.2) is 9.78 Å². The molecule has 2 aromatic rings. The van der Waals surface area contributed by atoms with E-state index >= 15 is 0 Å². The molecule has 0 aliphatic rings. The molecule has 0 amide bonds. The van der Waals surface area contributed by atoms with Gasteiger partial charge in [0.2, 0.25) is 0 Å². The molecule has 1 atom stereocenters. The number of nitrogens with two attached hydrogens (primary N) is 1. The molecule has 1 unspecified atom stereocenters. The van der Waals surface area contributed by atoms with Gasteiger partial charge in [-0.3, -0.25) is 4.68 Å². The van der Waals surface area contributed by atoms with E-state index in [0.717, 1.165) is 11.4 Å². The monoisotopic (exact) mass is 201 g/mol. The molecule has 0 saturated heterocycles. The molecule has 3 heteroatoms. The summed E-state index contributed by atoms with van der Waals surface area (Å²) in [6.45, 7) is 2.14. The average molecular weight is 201 g/mol. The van der Waals surface area contributed by atoms with Crippen molar-refractivity contribution in [2.45, 2.75) is 12.8 Å². The Labute approximate surface area is 89.5 Å². The highest BCUT2D eigenvalue weighted by Crippen LogP contribution is 2.27. The van der Waals surface area contributed by atoms with Gasteiger partial charge >= 0.3 is 0 Å². The molecule has 78 valence electrons. The van der Waals surface area contributed by atoms with E-state index in [4.69, 9.17) is 5.73 Å². The van der Waals surface area contributed by atoms with Gasteiger partial charge in [-0.25, -0.2) is 0 Å². The number of nitrogens with zero attached hydrogens (tertiary/aromatic N) is 2. The van der Waals surface area contributed by atoms with E-state index in [0.29, 0.717) is 0 Å². The summed E-state index contributed by atoms with van der Waals surface area (Å²) in [6.07, 6.45) is 1.70. The number of aromatic nitrogens is 2. The van der Waals surface area contributed by atoms with Gasteiger partial charge in [-0.2, -0.15) is 5.10 Å². The zero-order chi connectivity index (χ0) is 10.8. The van der Waals surface area contributed by atoms with E-state index in [1.54, 1.807) is 6.20 Å². The van der Waals surface area contributed by atoms with Crippen LogP contribution in [0.1, 0.15) is 24.1 Å². The molecule has 3 nitrogen and oxygen atoms in total. The minimum atomic E-state index is 0.277. The number of aryl methyl sites for hydroxylation is 1. The van der Waals surface area contributed by atoms with Crippen LogP contribution in [-0.2, 0) is 7.05 Å². The molecule has 0 bridgehead atoms. The average Bonchev–Trinajstić information content (AvgIpc) is 2.59. The Morgan fingerprint density at radius 2 is 1.93 bits per heavy atom. The van der Waals surface area contributed by atoms with Crippen LogP contribution in [0.2, 0.25) is 0 Å². The Morgan fingerprint density at radius 3 is 2.47 bits per heavy atom. The summed E-state index contributed by atoms with van der Waals surface area (Å²) in [5, 5.41) is 4.15. The molecule has 1 heterocycles. The first-order valence-electron chi connectivity index (χ1n) is 5.02. The fourth-order valence-corrected chi connectivity index (χ4v) is 1.89. The predicted molar refractivity (Wildman–Crippen MR) is 61.6 cm³/mol. The van der Waals surface area contributed by atoms with Gasteiger partial charge in [0.25, 0.3) is 0 Å². The molecule has 0 spiro atoms. The molecular weight excluding hydrogens is 186 g/mol. The van der Waals surface area contributed by atoms with Crippen LogP contribution in [0.3, 0.4) is 0 Å². The van der Waals surface area contributed by atoms with Crippen molar-refractivity contribution in [2.24, 2.45) is 7.05 Å². The number of hydrogen-bond donors (Lipinski definition) is 1. The maximum Gasteiger partial charge on any atom is 0.0739 e. The molecule has 2 rings (SSSR count). The SMILES string of the molecule is CC(c1ccccc1)c1c(N)cnn1C. The molecule has 0 aliphatic carbocycles. The lowest BCUT2D eigenvalue weighted by molar-refractivity contribution is 0.686. The Balaban J connectivity index is 2.41. The largest absolute Gasteiger partial charge is 0.396 e. The van der Waals surface area contributed by atoms with Gasteiger partial charge in [0, 0.05) is 13.0 Å². The van der Waals surface area contributed by atoms with E-state index in [2.05, 4.69) is 24.2 Å². The number of nitrogen functional groups attached to an aromatic ring is 1. The first-order valence-corrected chi connectivity index (χ1v) is 5.02. The van der Waals surface area contributed by atoms with Crippen LogP contribution >= 0.6 is 0 Å². The zero-order valence-electron chi connectivity index (χ0n) is 9.01. The van der Waals surface area contributed by atoms with Gasteiger partial charge in [-0.15, -0.1) is 0 Å². The Morgan fingerprint density at radius 1 is 1.27 bits per heavy atom. The van der Waals surface area contributed by atoms with Crippen LogP contribution in [0, 0.1) is 0 Å².